The predicted molar refractivity (Wildman–Crippen MR) is 118 cm³/mol. The summed E-state index contributed by atoms with van der Waals surface area (Å²) in [6, 6.07) is 12.1. The minimum Gasteiger partial charge on any atom is -0.484 e. The van der Waals surface area contributed by atoms with Gasteiger partial charge in [-0.3, -0.25) is 9.78 Å². The fraction of sp³-hybridized carbons (Fsp3) is 0.292. The zero-order valence-corrected chi connectivity index (χ0v) is 18.1. The lowest BCUT2D eigenvalue weighted by atomic mass is 10.0. The number of piperidine rings is 1. The standard InChI is InChI=1S/C24H24N4O5/c1-2-14-31-24(30)17-11-12-19(25-15-17)22-26-23(33-27-22)20-10-6-7-13-28(20)21(29)16-32-18-8-4-3-5-9-18/h2-5,8-9,11-12,15,20H,1,6-7,10,13-14,16H2. The van der Waals surface area contributed by atoms with Crippen LogP contribution in [-0.2, 0) is 9.53 Å². The molecule has 9 heteroatoms. The van der Waals surface area contributed by atoms with Crippen LogP contribution in [0, 0.1) is 0 Å². The van der Waals surface area contributed by atoms with Crippen LogP contribution in [0.5, 0.6) is 5.75 Å². The lowest BCUT2D eigenvalue weighted by molar-refractivity contribution is -0.138. The minimum absolute atomic E-state index is 0.0630. The molecule has 0 bridgehead atoms. The van der Waals surface area contributed by atoms with Gasteiger partial charge in [-0.1, -0.05) is 36.0 Å². The Kier molecular flexibility index (Phi) is 7.09. The van der Waals surface area contributed by atoms with Crippen LogP contribution >= 0.6 is 0 Å². The van der Waals surface area contributed by atoms with Gasteiger partial charge in [0, 0.05) is 12.7 Å². The predicted octanol–water partition coefficient (Wildman–Crippen LogP) is 3.61. The SMILES string of the molecule is C=CCOC(=O)c1ccc(-c2noc(C3CCCCN3C(=O)COc3ccccc3)n2)nc1. The first kappa shape index (κ1) is 22.2. The number of nitrogens with zero attached hydrogens (tertiary/aromatic N) is 4. The van der Waals surface area contributed by atoms with E-state index in [9.17, 15) is 9.59 Å². The van der Waals surface area contributed by atoms with E-state index in [0.29, 0.717) is 29.4 Å². The maximum atomic E-state index is 12.9. The molecule has 0 N–H and O–H groups in total. The molecule has 1 saturated heterocycles. The van der Waals surface area contributed by atoms with Crippen LogP contribution in [0.25, 0.3) is 11.5 Å². The normalized spacial score (nSPS) is 15.6. The van der Waals surface area contributed by atoms with Gasteiger partial charge >= 0.3 is 5.97 Å². The van der Waals surface area contributed by atoms with Gasteiger partial charge in [0.05, 0.1) is 5.56 Å². The molecule has 0 aliphatic carbocycles. The molecule has 0 saturated carbocycles. The number of carbonyl (C=O) groups is 2. The molecule has 1 fully saturated rings. The Morgan fingerprint density at radius 2 is 2.03 bits per heavy atom. The number of esters is 1. The van der Waals surface area contributed by atoms with Gasteiger partial charge in [-0.25, -0.2) is 4.79 Å². The number of pyridine rings is 1. The van der Waals surface area contributed by atoms with Crippen molar-refractivity contribution in [2.24, 2.45) is 0 Å². The van der Waals surface area contributed by atoms with E-state index in [4.69, 9.17) is 14.0 Å². The van der Waals surface area contributed by atoms with Gasteiger partial charge in [0.1, 0.15) is 24.1 Å². The lowest BCUT2D eigenvalue weighted by Crippen LogP contribution is -2.41. The Morgan fingerprint density at radius 1 is 1.18 bits per heavy atom. The number of carbonyl (C=O) groups excluding carboxylic acids is 2. The second-order valence-corrected chi connectivity index (χ2v) is 7.48. The molecule has 1 unspecified atom stereocenters. The summed E-state index contributed by atoms with van der Waals surface area (Å²) >= 11 is 0. The Bertz CT molecular complexity index is 1100. The van der Waals surface area contributed by atoms with Gasteiger partial charge < -0.3 is 18.9 Å². The number of para-hydroxylation sites is 1. The number of benzene rings is 1. The van der Waals surface area contributed by atoms with E-state index in [-0.39, 0.29) is 31.0 Å². The number of amides is 1. The molecular weight excluding hydrogens is 424 g/mol. The topological polar surface area (TPSA) is 108 Å². The third-order valence-electron chi connectivity index (χ3n) is 5.22. The van der Waals surface area contributed by atoms with Crippen molar-refractivity contribution in [3.05, 3.63) is 72.8 Å². The van der Waals surface area contributed by atoms with Gasteiger partial charge in [0.15, 0.2) is 6.61 Å². The Hall–Kier alpha value is -4.01. The molecule has 1 amide bonds. The summed E-state index contributed by atoms with van der Waals surface area (Å²) in [5.74, 6) is 0.659. The first-order valence-corrected chi connectivity index (χ1v) is 10.7. The summed E-state index contributed by atoms with van der Waals surface area (Å²) in [7, 11) is 0. The summed E-state index contributed by atoms with van der Waals surface area (Å²) in [5, 5.41) is 4.03. The molecule has 2 aromatic heterocycles. The second kappa shape index (κ2) is 10.5. The molecule has 1 aromatic carbocycles. The van der Waals surface area contributed by atoms with Crippen LogP contribution < -0.4 is 4.74 Å². The summed E-state index contributed by atoms with van der Waals surface area (Å²) < 4.78 is 16.1. The van der Waals surface area contributed by atoms with Gasteiger partial charge in [-0.05, 0) is 43.5 Å². The third kappa shape index (κ3) is 5.43. The highest BCUT2D eigenvalue weighted by Gasteiger charge is 2.32. The molecule has 0 radical (unpaired) electrons. The van der Waals surface area contributed by atoms with Crippen LogP contribution in [0.15, 0.2) is 65.8 Å². The number of likely N-dealkylation sites (tertiary alicyclic amines) is 1. The fourth-order valence-corrected chi connectivity index (χ4v) is 3.57. The number of rotatable bonds is 8. The maximum Gasteiger partial charge on any atom is 0.340 e. The van der Waals surface area contributed by atoms with Crippen molar-refractivity contribution in [1.82, 2.24) is 20.0 Å². The van der Waals surface area contributed by atoms with Crippen molar-refractivity contribution in [3.8, 4) is 17.3 Å². The molecule has 4 rings (SSSR count). The van der Waals surface area contributed by atoms with E-state index in [2.05, 4.69) is 21.7 Å². The number of hydrogen-bond acceptors (Lipinski definition) is 8. The largest absolute Gasteiger partial charge is 0.484 e. The van der Waals surface area contributed by atoms with Crippen LogP contribution in [0.4, 0.5) is 0 Å². The molecule has 1 aliphatic heterocycles. The summed E-state index contributed by atoms with van der Waals surface area (Å²) in [6.45, 7) is 4.17. The van der Waals surface area contributed by atoms with Crippen LogP contribution in [0.2, 0.25) is 0 Å². The summed E-state index contributed by atoms with van der Waals surface area (Å²) in [5.41, 5.74) is 0.762. The summed E-state index contributed by atoms with van der Waals surface area (Å²) in [6.07, 6.45) is 5.47. The van der Waals surface area contributed by atoms with Crippen molar-refractivity contribution < 1.29 is 23.6 Å². The summed E-state index contributed by atoms with van der Waals surface area (Å²) in [4.78, 5) is 35.2. The average Bonchev–Trinajstić information content (AvgIpc) is 3.37. The number of aromatic nitrogens is 3. The molecule has 1 aliphatic rings. The number of hydrogen-bond donors (Lipinski definition) is 0. The van der Waals surface area contributed by atoms with Crippen LogP contribution in [0.3, 0.4) is 0 Å². The highest BCUT2D eigenvalue weighted by Crippen LogP contribution is 2.31. The molecule has 9 nitrogen and oxygen atoms in total. The van der Waals surface area contributed by atoms with Crippen molar-refractivity contribution in [3.63, 3.8) is 0 Å². The zero-order valence-electron chi connectivity index (χ0n) is 18.1. The quantitative estimate of drug-likeness (QED) is 0.380. The van der Waals surface area contributed by atoms with E-state index < -0.39 is 5.97 Å². The van der Waals surface area contributed by atoms with E-state index in [0.717, 1.165) is 19.3 Å². The number of ether oxygens (including phenoxy) is 2. The van der Waals surface area contributed by atoms with Gasteiger partial charge in [-0.2, -0.15) is 4.98 Å². The Balaban J connectivity index is 1.44. The van der Waals surface area contributed by atoms with Crippen LogP contribution in [-0.4, -0.2) is 51.7 Å². The fourth-order valence-electron chi connectivity index (χ4n) is 3.57. The second-order valence-electron chi connectivity index (χ2n) is 7.48. The average molecular weight is 448 g/mol. The van der Waals surface area contributed by atoms with Crippen molar-refractivity contribution in [2.45, 2.75) is 25.3 Å². The molecule has 0 spiro atoms. The molecule has 1 atom stereocenters. The first-order chi connectivity index (χ1) is 16.2. The molecular formula is C24H24N4O5. The molecule has 170 valence electrons. The Morgan fingerprint density at radius 3 is 2.79 bits per heavy atom. The van der Waals surface area contributed by atoms with E-state index >= 15 is 0 Å². The van der Waals surface area contributed by atoms with E-state index in [1.54, 1.807) is 17.0 Å². The van der Waals surface area contributed by atoms with Crippen molar-refractivity contribution in [1.29, 1.82) is 0 Å². The highest BCUT2D eigenvalue weighted by atomic mass is 16.5. The maximum absolute atomic E-state index is 12.9. The molecule has 3 aromatic rings. The zero-order chi connectivity index (χ0) is 23.0. The van der Waals surface area contributed by atoms with E-state index in [1.165, 1.54) is 12.3 Å². The minimum atomic E-state index is -0.489. The van der Waals surface area contributed by atoms with Gasteiger partial charge in [0.25, 0.3) is 5.91 Å². The van der Waals surface area contributed by atoms with Crippen LogP contribution in [0.1, 0.15) is 41.6 Å². The van der Waals surface area contributed by atoms with Crippen molar-refractivity contribution >= 4 is 11.9 Å². The third-order valence-corrected chi connectivity index (χ3v) is 5.22. The first-order valence-electron chi connectivity index (χ1n) is 10.7. The molecule has 3 heterocycles. The van der Waals surface area contributed by atoms with Gasteiger partial charge in [0.2, 0.25) is 11.7 Å². The monoisotopic (exact) mass is 448 g/mol. The van der Waals surface area contributed by atoms with Gasteiger partial charge in [-0.15, -0.1) is 0 Å². The Labute approximate surface area is 191 Å². The molecule has 33 heavy (non-hydrogen) atoms. The highest BCUT2D eigenvalue weighted by molar-refractivity contribution is 5.89. The lowest BCUT2D eigenvalue weighted by Gasteiger charge is -2.33. The van der Waals surface area contributed by atoms with Crippen molar-refractivity contribution in [2.75, 3.05) is 19.8 Å². The van der Waals surface area contributed by atoms with E-state index in [1.807, 2.05) is 30.3 Å². The smallest absolute Gasteiger partial charge is 0.340 e.